The Kier molecular flexibility index (Phi) is 6.78. The minimum atomic E-state index is -3.93. The monoisotopic (exact) mass is 483 g/mol. The van der Waals surface area contributed by atoms with Crippen LogP contribution in [0.4, 0.5) is 11.4 Å². The molecule has 0 saturated carbocycles. The van der Waals surface area contributed by atoms with E-state index in [-0.39, 0.29) is 22.7 Å². The smallest absolute Gasteiger partial charge is 0.278 e. The molecule has 1 aliphatic heterocycles. The van der Waals surface area contributed by atoms with E-state index in [9.17, 15) is 13.2 Å². The van der Waals surface area contributed by atoms with Crippen molar-refractivity contribution in [1.82, 2.24) is 15.1 Å². The van der Waals surface area contributed by atoms with E-state index < -0.39 is 10.0 Å². The lowest BCUT2D eigenvalue weighted by Crippen LogP contribution is -2.53. The zero-order chi connectivity index (χ0) is 24.3. The van der Waals surface area contributed by atoms with Gasteiger partial charge in [-0.1, -0.05) is 12.1 Å². The van der Waals surface area contributed by atoms with Crippen molar-refractivity contribution in [2.24, 2.45) is 0 Å². The van der Waals surface area contributed by atoms with E-state index >= 15 is 0 Å². The Hall–Kier alpha value is -3.53. The molecule has 1 atom stereocenters. The summed E-state index contributed by atoms with van der Waals surface area (Å²) in [7, 11) is -3.93. The number of aryl methyl sites for hydroxylation is 1. The number of aromatic amines is 1. The summed E-state index contributed by atoms with van der Waals surface area (Å²) in [6, 6.07) is 16.3. The van der Waals surface area contributed by atoms with Gasteiger partial charge in [0.2, 0.25) is 0 Å². The lowest BCUT2D eigenvalue weighted by atomic mass is 10.1. The summed E-state index contributed by atoms with van der Waals surface area (Å²) >= 11 is 0. The van der Waals surface area contributed by atoms with Crippen molar-refractivity contribution >= 4 is 27.3 Å². The van der Waals surface area contributed by atoms with Crippen LogP contribution in [0.2, 0.25) is 0 Å². The van der Waals surface area contributed by atoms with Gasteiger partial charge in [0, 0.05) is 43.1 Å². The number of nitrogens with one attached hydrogen (secondary N) is 2. The molecule has 0 radical (unpaired) electrons. The van der Waals surface area contributed by atoms with Gasteiger partial charge in [-0.25, -0.2) is 0 Å². The van der Waals surface area contributed by atoms with Crippen molar-refractivity contribution in [2.75, 3.05) is 35.9 Å². The largest absolute Gasteiger partial charge is 0.494 e. The molecule has 1 unspecified atom stereocenters. The van der Waals surface area contributed by atoms with E-state index in [4.69, 9.17) is 4.74 Å². The molecule has 34 heavy (non-hydrogen) atoms. The normalized spacial score (nSPS) is 16.4. The van der Waals surface area contributed by atoms with Crippen molar-refractivity contribution < 1.29 is 17.9 Å². The molecule has 4 rings (SSSR count). The Morgan fingerprint density at radius 1 is 1.18 bits per heavy atom. The number of amides is 1. The number of benzene rings is 2. The summed E-state index contributed by atoms with van der Waals surface area (Å²) in [6.07, 6.45) is 0. The van der Waals surface area contributed by atoms with Crippen molar-refractivity contribution in [2.45, 2.75) is 31.8 Å². The van der Waals surface area contributed by atoms with E-state index in [2.05, 4.69) is 51.9 Å². The highest BCUT2D eigenvalue weighted by Crippen LogP contribution is 2.23. The highest BCUT2D eigenvalue weighted by atomic mass is 32.2. The summed E-state index contributed by atoms with van der Waals surface area (Å²) in [5.41, 5.74) is 2.77. The molecule has 1 fully saturated rings. The van der Waals surface area contributed by atoms with Gasteiger partial charge in [0.05, 0.1) is 6.61 Å². The fraction of sp³-hybridized carbons (Fsp3) is 0.333. The molecule has 1 saturated heterocycles. The number of carbonyl (C=O) groups is 1. The van der Waals surface area contributed by atoms with Gasteiger partial charge < -0.3 is 14.5 Å². The lowest BCUT2D eigenvalue weighted by Gasteiger charge is -2.41. The zero-order valence-corrected chi connectivity index (χ0v) is 20.3. The SMILES string of the molecule is CCOc1ccc(NS(=O)(=O)c2cc(C(=O)N3CCN(c4cccc(C)c4)C(C)C3)n[nH]2)cc1. The summed E-state index contributed by atoms with van der Waals surface area (Å²) in [5.74, 6) is 0.353. The highest BCUT2D eigenvalue weighted by molar-refractivity contribution is 7.92. The van der Waals surface area contributed by atoms with Crippen LogP contribution in [0.5, 0.6) is 5.75 Å². The first-order valence-corrected chi connectivity index (χ1v) is 12.7. The van der Waals surface area contributed by atoms with Crippen molar-refractivity contribution in [3.05, 3.63) is 65.9 Å². The fourth-order valence-corrected chi connectivity index (χ4v) is 5.03. The standard InChI is InChI=1S/C24H29N5O4S/c1-4-33-21-10-8-19(9-11-21)27-34(31,32)23-15-22(25-26-23)24(30)28-12-13-29(18(3)16-28)20-7-5-6-17(2)14-20/h5-11,14-15,18,27H,4,12-13,16H2,1-3H3,(H,25,26). The summed E-state index contributed by atoms with van der Waals surface area (Å²) in [4.78, 5) is 17.0. The molecule has 1 aliphatic rings. The van der Waals surface area contributed by atoms with Gasteiger partial charge in [-0.15, -0.1) is 0 Å². The number of piperazine rings is 1. The first-order chi connectivity index (χ1) is 16.3. The number of H-pyrrole nitrogens is 1. The Bertz CT molecular complexity index is 1260. The number of aromatic nitrogens is 2. The number of anilines is 2. The van der Waals surface area contributed by atoms with Gasteiger partial charge in [-0.2, -0.15) is 13.5 Å². The van der Waals surface area contributed by atoms with Crippen LogP contribution in [-0.2, 0) is 10.0 Å². The minimum Gasteiger partial charge on any atom is -0.494 e. The molecule has 1 aromatic heterocycles. The van der Waals surface area contributed by atoms with Gasteiger partial charge in [0.25, 0.3) is 15.9 Å². The molecule has 0 aliphatic carbocycles. The first-order valence-electron chi connectivity index (χ1n) is 11.2. The maximum atomic E-state index is 13.0. The Balaban J connectivity index is 1.42. The summed E-state index contributed by atoms with van der Waals surface area (Å²) < 4.78 is 33.4. The van der Waals surface area contributed by atoms with Crippen LogP contribution in [0.15, 0.2) is 59.6 Å². The summed E-state index contributed by atoms with van der Waals surface area (Å²) in [6.45, 7) is 8.26. The van der Waals surface area contributed by atoms with Gasteiger partial charge in [0.1, 0.15) is 5.75 Å². The lowest BCUT2D eigenvalue weighted by molar-refractivity contribution is 0.0720. The van der Waals surface area contributed by atoms with Crippen LogP contribution in [-0.4, -0.2) is 61.7 Å². The predicted molar refractivity (Wildman–Crippen MR) is 131 cm³/mol. The van der Waals surface area contributed by atoms with E-state index in [1.54, 1.807) is 29.2 Å². The highest BCUT2D eigenvalue weighted by Gasteiger charge is 2.29. The van der Waals surface area contributed by atoms with Gasteiger partial charge in [0.15, 0.2) is 10.7 Å². The van der Waals surface area contributed by atoms with Crippen LogP contribution in [0.1, 0.15) is 29.9 Å². The molecule has 3 aromatic rings. The average molecular weight is 484 g/mol. The van der Waals surface area contributed by atoms with Gasteiger partial charge >= 0.3 is 0 Å². The van der Waals surface area contributed by atoms with E-state index in [1.165, 1.54) is 11.6 Å². The molecule has 10 heteroatoms. The number of carbonyl (C=O) groups excluding carboxylic acids is 1. The Morgan fingerprint density at radius 3 is 2.62 bits per heavy atom. The number of rotatable bonds is 7. The molecular formula is C24H29N5O4S. The van der Waals surface area contributed by atoms with Crippen molar-refractivity contribution in [1.29, 1.82) is 0 Å². The second kappa shape index (κ2) is 9.76. The molecule has 2 heterocycles. The Morgan fingerprint density at radius 2 is 1.94 bits per heavy atom. The third-order valence-corrected chi connectivity index (χ3v) is 7.02. The van der Waals surface area contributed by atoms with E-state index in [0.29, 0.717) is 37.7 Å². The van der Waals surface area contributed by atoms with Crippen LogP contribution in [0.3, 0.4) is 0 Å². The minimum absolute atomic E-state index is 0.0725. The number of ether oxygens (including phenoxy) is 1. The molecular weight excluding hydrogens is 454 g/mol. The molecule has 0 bridgehead atoms. The maximum Gasteiger partial charge on any atom is 0.278 e. The molecule has 2 N–H and O–H groups in total. The quantitative estimate of drug-likeness (QED) is 0.534. The molecule has 180 valence electrons. The molecule has 0 spiro atoms. The average Bonchev–Trinajstić information content (AvgIpc) is 3.31. The van der Waals surface area contributed by atoms with Gasteiger partial charge in [-0.05, 0) is 62.7 Å². The number of hydrogen-bond acceptors (Lipinski definition) is 6. The predicted octanol–water partition coefficient (Wildman–Crippen LogP) is 3.27. The molecule has 9 nitrogen and oxygen atoms in total. The van der Waals surface area contributed by atoms with Crippen LogP contribution >= 0.6 is 0 Å². The third kappa shape index (κ3) is 5.17. The third-order valence-electron chi connectivity index (χ3n) is 5.73. The van der Waals surface area contributed by atoms with E-state index in [1.807, 2.05) is 13.0 Å². The van der Waals surface area contributed by atoms with Crippen LogP contribution in [0.25, 0.3) is 0 Å². The Labute approximate surface area is 199 Å². The van der Waals surface area contributed by atoms with Crippen molar-refractivity contribution in [3.8, 4) is 5.75 Å². The van der Waals surface area contributed by atoms with Gasteiger partial charge in [-0.3, -0.25) is 14.6 Å². The maximum absolute atomic E-state index is 13.0. The van der Waals surface area contributed by atoms with Crippen LogP contribution in [0, 0.1) is 6.92 Å². The molecule has 1 amide bonds. The number of nitrogens with zero attached hydrogens (tertiary/aromatic N) is 3. The first kappa shape index (κ1) is 23.6. The number of hydrogen-bond donors (Lipinski definition) is 2. The van der Waals surface area contributed by atoms with Crippen molar-refractivity contribution in [3.63, 3.8) is 0 Å². The fourth-order valence-electron chi connectivity index (χ4n) is 4.04. The second-order valence-electron chi connectivity index (χ2n) is 8.31. The van der Waals surface area contributed by atoms with Crippen LogP contribution < -0.4 is 14.4 Å². The number of sulfonamides is 1. The zero-order valence-electron chi connectivity index (χ0n) is 19.5. The van der Waals surface area contributed by atoms with E-state index in [0.717, 1.165) is 5.69 Å². The summed E-state index contributed by atoms with van der Waals surface area (Å²) in [5, 5.41) is 6.30. The molecule has 2 aromatic carbocycles. The second-order valence-corrected chi connectivity index (χ2v) is 9.96. The topological polar surface area (TPSA) is 108 Å².